The summed E-state index contributed by atoms with van der Waals surface area (Å²) in [5.41, 5.74) is 3.34. The van der Waals surface area contributed by atoms with Gasteiger partial charge in [-0.3, -0.25) is 9.58 Å². The van der Waals surface area contributed by atoms with Crippen molar-refractivity contribution in [2.45, 2.75) is 6.54 Å². The second kappa shape index (κ2) is 6.28. The van der Waals surface area contributed by atoms with E-state index in [4.69, 9.17) is 4.74 Å². The Morgan fingerprint density at radius 2 is 2.00 bits per heavy atom. The molecule has 0 bridgehead atoms. The fraction of sp³-hybridized carbons (Fsp3) is 0.438. The van der Waals surface area contributed by atoms with Gasteiger partial charge in [0.05, 0.1) is 7.11 Å². The smallest absolute Gasteiger partial charge is 0.128 e. The van der Waals surface area contributed by atoms with Gasteiger partial charge in [0.25, 0.3) is 0 Å². The molecule has 0 unspecified atom stereocenters. The van der Waals surface area contributed by atoms with Crippen molar-refractivity contribution in [3.05, 3.63) is 36.0 Å². The summed E-state index contributed by atoms with van der Waals surface area (Å²) in [6.45, 7) is 5.22. The number of nitrogens with zero attached hydrogens (tertiary/aromatic N) is 3. The average Bonchev–Trinajstić information content (AvgIpc) is 2.88. The van der Waals surface area contributed by atoms with Crippen LogP contribution < -0.4 is 10.1 Å². The van der Waals surface area contributed by atoms with Crippen molar-refractivity contribution in [3.63, 3.8) is 0 Å². The molecule has 1 aromatic heterocycles. The Hall–Kier alpha value is -1.85. The highest BCUT2D eigenvalue weighted by atomic mass is 16.5. The number of aryl methyl sites for hydroxylation is 1. The zero-order chi connectivity index (χ0) is 14.7. The van der Waals surface area contributed by atoms with Gasteiger partial charge in [0, 0.05) is 57.1 Å². The summed E-state index contributed by atoms with van der Waals surface area (Å²) < 4.78 is 7.37. The van der Waals surface area contributed by atoms with Gasteiger partial charge in [0.1, 0.15) is 11.4 Å². The maximum atomic E-state index is 5.48. The number of hydrogen-bond donors (Lipinski definition) is 1. The minimum absolute atomic E-state index is 0.873. The van der Waals surface area contributed by atoms with Crippen LogP contribution in [0.15, 0.2) is 30.5 Å². The molecule has 5 nitrogen and oxygen atoms in total. The van der Waals surface area contributed by atoms with Crippen LogP contribution in [-0.2, 0) is 13.6 Å². The lowest BCUT2D eigenvalue weighted by molar-refractivity contribution is 0.233. The van der Waals surface area contributed by atoms with E-state index in [1.807, 2.05) is 29.9 Å². The van der Waals surface area contributed by atoms with Gasteiger partial charge in [-0.15, -0.1) is 0 Å². The normalized spacial score (nSPS) is 16.1. The van der Waals surface area contributed by atoms with Gasteiger partial charge in [-0.05, 0) is 12.1 Å². The van der Waals surface area contributed by atoms with Crippen molar-refractivity contribution < 1.29 is 4.74 Å². The van der Waals surface area contributed by atoms with E-state index in [0.717, 1.165) is 49.7 Å². The first-order chi connectivity index (χ1) is 10.3. The first kappa shape index (κ1) is 14.1. The molecule has 0 spiro atoms. The molecule has 1 aromatic carbocycles. The summed E-state index contributed by atoms with van der Waals surface area (Å²) in [5, 5.41) is 8.04. The molecule has 0 atom stereocenters. The molecule has 5 heteroatoms. The fourth-order valence-corrected chi connectivity index (χ4v) is 2.83. The summed E-state index contributed by atoms with van der Waals surface area (Å²) >= 11 is 0. The van der Waals surface area contributed by atoms with E-state index >= 15 is 0 Å². The molecule has 0 radical (unpaired) electrons. The summed E-state index contributed by atoms with van der Waals surface area (Å²) in [6.07, 6.45) is 2.11. The molecule has 1 aliphatic rings. The number of nitrogens with one attached hydrogen (secondary N) is 1. The number of benzene rings is 1. The molecule has 2 aromatic rings. The third kappa shape index (κ3) is 3.09. The lowest BCUT2D eigenvalue weighted by Gasteiger charge is -2.27. The highest BCUT2D eigenvalue weighted by molar-refractivity contribution is 5.69. The minimum atomic E-state index is 0.873. The Morgan fingerprint density at radius 3 is 2.76 bits per heavy atom. The van der Waals surface area contributed by atoms with Crippen molar-refractivity contribution in [3.8, 4) is 17.0 Å². The van der Waals surface area contributed by atoms with Gasteiger partial charge in [0.15, 0.2) is 0 Å². The van der Waals surface area contributed by atoms with Crippen molar-refractivity contribution in [1.29, 1.82) is 0 Å². The first-order valence-corrected chi connectivity index (χ1v) is 7.37. The van der Waals surface area contributed by atoms with Gasteiger partial charge in [-0.25, -0.2) is 0 Å². The lowest BCUT2D eigenvalue weighted by Crippen LogP contribution is -2.42. The Kier molecular flexibility index (Phi) is 4.22. The maximum Gasteiger partial charge on any atom is 0.128 e. The van der Waals surface area contributed by atoms with Crippen molar-refractivity contribution in [2.75, 3.05) is 33.3 Å². The van der Waals surface area contributed by atoms with Crippen LogP contribution in [-0.4, -0.2) is 48.0 Å². The van der Waals surface area contributed by atoms with Crippen LogP contribution in [0.3, 0.4) is 0 Å². The predicted molar refractivity (Wildman–Crippen MR) is 83.3 cm³/mol. The Bertz CT molecular complexity index is 602. The van der Waals surface area contributed by atoms with Crippen LogP contribution in [0.1, 0.15) is 5.56 Å². The van der Waals surface area contributed by atoms with Gasteiger partial charge in [-0.2, -0.15) is 5.10 Å². The molecule has 2 heterocycles. The molecular weight excluding hydrogens is 264 g/mol. The summed E-state index contributed by atoms with van der Waals surface area (Å²) in [5.74, 6) is 0.873. The zero-order valence-corrected chi connectivity index (χ0v) is 12.7. The highest BCUT2D eigenvalue weighted by Crippen LogP contribution is 2.31. The quantitative estimate of drug-likeness (QED) is 0.925. The van der Waals surface area contributed by atoms with Crippen LogP contribution in [0.25, 0.3) is 11.3 Å². The second-order valence-corrected chi connectivity index (χ2v) is 5.40. The van der Waals surface area contributed by atoms with Crippen molar-refractivity contribution >= 4 is 0 Å². The molecular formula is C16H22N4O. The molecule has 0 aliphatic carbocycles. The number of aromatic nitrogens is 2. The Morgan fingerprint density at radius 1 is 1.24 bits per heavy atom. The molecule has 3 rings (SSSR count). The molecule has 1 saturated heterocycles. The second-order valence-electron chi connectivity index (χ2n) is 5.40. The van der Waals surface area contributed by atoms with Crippen LogP contribution in [0.4, 0.5) is 0 Å². The SMILES string of the molecule is COc1ccccc1-c1nn(C)cc1CN1CCNCC1. The third-order valence-corrected chi connectivity index (χ3v) is 3.87. The van der Waals surface area contributed by atoms with Crippen LogP contribution in [0, 0.1) is 0 Å². The van der Waals surface area contributed by atoms with E-state index in [1.165, 1.54) is 5.56 Å². The lowest BCUT2D eigenvalue weighted by atomic mass is 10.1. The Balaban J connectivity index is 1.91. The molecule has 112 valence electrons. The molecule has 1 N–H and O–H groups in total. The molecule has 1 aliphatic heterocycles. The Labute approximate surface area is 125 Å². The molecule has 1 fully saturated rings. The van der Waals surface area contributed by atoms with E-state index in [0.29, 0.717) is 0 Å². The number of ether oxygens (including phenoxy) is 1. The average molecular weight is 286 g/mol. The summed E-state index contributed by atoms with van der Waals surface area (Å²) in [7, 11) is 3.68. The van der Waals surface area contributed by atoms with Crippen LogP contribution in [0.2, 0.25) is 0 Å². The number of para-hydroxylation sites is 1. The standard InChI is InChI=1S/C16H22N4O/c1-19-11-13(12-20-9-7-17-8-10-20)16(18-19)14-5-3-4-6-15(14)21-2/h3-6,11,17H,7-10,12H2,1-2H3. The van der Waals surface area contributed by atoms with Crippen LogP contribution in [0.5, 0.6) is 5.75 Å². The monoisotopic (exact) mass is 286 g/mol. The highest BCUT2D eigenvalue weighted by Gasteiger charge is 2.17. The molecule has 21 heavy (non-hydrogen) atoms. The zero-order valence-electron chi connectivity index (χ0n) is 12.7. The van der Waals surface area contributed by atoms with Crippen molar-refractivity contribution in [2.24, 2.45) is 7.05 Å². The van der Waals surface area contributed by atoms with E-state index in [-0.39, 0.29) is 0 Å². The van der Waals surface area contributed by atoms with E-state index in [9.17, 15) is 0 Å². The number of hydrogen-bond acceptors (Lipinski definition) is 4. The van der Waals surface area contributed by atoms with Gasteiger partial charge in [-0.1, -0.05) is 12.1 Å². The van der Waals surface area contributed by atoms with Crippen LogP contribution >= 0.6 is 0 Å². The predicted octanol–water partition coefficient (Wildman–Crippen LogP) is 1.50. The van der Waals surface area contributed by atoms with E-state index in [2.05, 4.69) is 27.6 Å². The first-order valence-electron chi connectivity index (χ1n) is 7.37. The largest absolute Gasteiger partial charge is 0.496 e. The van der Waals surface area contributed by atoms with E-state index < -0.39 is 0 Å². The van der Waals surface area contributed by atoms with Gasteiger partial charge >= 0.3 is 0 Å². The van der Waals surface area contributed by atoms with Gasteiger partial charge < -0.3 is 10.1 Å². The summed E-state index contributed by atoms with van der Waals surface area (Å²) in [6, 6.07) is 8.07. The number of methoxy groups -OCH3 is 1. The minimum Gasteiger partial charge on any atom is -0.496 e. The van der Waals surface area contributed by atoms with Crippen molar-refractivity contribution in [1.82, 2.24) is 20.0 Å². The topological polar surface area (TPSA) is 42.3 Å². The third-order valence-electron chi connectivity index (χ3n) is 3.87. The molecule has 0 amide bonds. The van der Waals surface area contributed by atoms with Gasteiger partial charge in [0.2, 0.25) is 0 Å². The summed E-state index contributed by atoms with van der Waals surface area (Å²) in [4.78, 5) is 2.46. The van der Waals surface area contributed by atoms with E-state index in [1.54, 1.807) is 7.11 Å². The molecule has 0 saturated carbocycles. The maximum absolute atomic E-state index is 5.48. The fourth-order valence-electron chi connectivity index (χ4n) is 2.83. The number of piperazine rings is 1. The number of rotatable bonds is 4.